The predicted molar refractivity (Wildman–Crippen MR) is 203 cm³/mol. The summed E-state index contributed by atoms with van der Waals surface area (Å²) in [5.41, 5.74) is 0. The summed E-state index contributed by atoms with van der Waals surface area (Å²) in [5.74, 6) is -0.141. The molecule has 0 radical (unpaired) electrons. The molecule has 0 aromatic carbocycles. The number of unbranched alkanes of at least 4 members (excludes halogenated alkanes) is 30. The average molecular weight is 645 g/mol. The Labute approximate surface area is 288 Å². The maximum absolute atomic E-state index is 12.0. The van der Waals surface area contributed by atoms with E-state index in [0.717, 1.165) is 25.7 Å². The van der Waals surface area contributed by atoms with Crippen molar-refractivity contribution in [1.29, 1.82) is 0 Å². The maximum Gasteiger partial charge on any atom is 0.243 e. The Hall–Kier alpha value is -1.58. The van der Waals surface area contributed by atoms with Gasteiger partial charge in [0.15, 0.2) is 0 Å². The molecule has 2 N–H and O–H groups in total. The lowest BCUT2D eigenvalue weighted by atomic mass is 10.0. The minimum atomic E-state index is -0.0704. The maximum atomic E-state index is 12.0. The van der Waals surface area contributed by atoms with Gasteiger partial charge < -0.3 is 10.6 Å². The van der Waals surface area contributed by atoms with Crippen molar-refractivity contribution in [3.8, 4) is 0 Å². The molecule has 0 rings (SSSR count). The molecule has 0 bridgehead atoms. The van der Waals surface area contributed by atoms with Crippen LogP contribution in [0.15, 0.2) is 24.3 Å². The Morgan fingerprint density at radius 3 is 0.804 bits per heavy atom. The standard InChI is InChI=1S/C42H80N2O2/c1-3-5-7-9-11-13-15-17-19-21-23-25-27-29-31-33-35-37-41(45)43-39-40-44-42(46)38-36-34-32-30-28-26-24-22-20-18-16-14-12-10-8-6-4-2/h35-38H,3-34,39-40H2,1-2H3,(H,43,45)(H,44,46)/b37-35+,38-36+. The Kier molecular flexibility index (Phi) is 38.2. The van der Waals surface area contributed by atoms with Gasteiger partial charge in [-0.2, -0.15) is 0 Å². The van der Waals surface area contributed by atoms with Crippen molar-refractivity contribution in [2.24, 2.45) is 0 Å². The smallest absolute Gasteiger partial charge is 0.243 e. The number of rotatable bonds is 37. The highest BCUT2D eigenvalue weighted by Crippen LogP contribution is 2.15. The van der Waals surface area contributed by atoms with E-state index in [9.17, 15) is 9.59 Å². The van der Waals surface area contributed by atoms with Gasteiger partial charge in [0.05, 0.1) is 0 Å². The molecule has 0 aliphatic carbocycles. The van der Waals surface area contributed by atoms with Crippen LogP contribution in [0.3, 0.4) is 0 Å². The van der Waals surface area contributed by atoms with E-state index in [4.69, 9.17) is 0 Å². The molecule has 0 saturated carbocycles. The largest absolute Gasteiger partial charge is 0.351 e. The molecule has 0 aliphatic rings. The lowest BCUT2D eigenvalue weighted by Crippen LogP contribution is -2.33. The predicted octanol–water partition coefficient (Wildman–Crippen LogP) is 12.9. The first-order chi connectivity index (χ1) is 22.7. The Morgan fingerprint density at radius 1 is 0.348 bits per heavy atom. The van der Waals surface area contributed by atoms with Crippen LogP contribution >= 0.6 is 0 Å². The van der Waals surface area contributed by atoms with Crippen LogP contribution in [0.4, 0.5) is 0 Å². The molecule has 270 valence electrons. The van der Waals surface area contributed by atoms with Crippen LogP contribution in [0.2, 0.25) is 0 Å². The first-order valence-corrected chi connectivity index (χ1v) is 20.6. The lowest BCUT2D eigenvalue weighted by molar-refractivity contribution is -0.118. The van der Waals surface area contributed by atoms with Crippen LogP contribution in [0.1, 0.15) is 219 Å². The Balaban J connectivity index is 3.37. The van der Waals surface area contributed by atoms with Crippen LogP contribution in [-0.2, 0) is 9.59 Å². The van der Waals surface area contributed by atoms with Crippen LogP contribution in [0.25, 0.3) is 0 Å². The van der Waals surface area contributed by atoms with Gasteiger partial charge in [0, 0.05) is 13.1 Å². The van der Waals surface area contributed by atoms with Gasteiger partial charge in [-0.25, -0.2) is 0 Å². The fourth-order valence-electron chi connectivity index (χ4n) is 6.14. The number of allylic oxidation sites excluding steroid dienone is 2. The topological polar surface area (TPSA) is 58.2 Å². The van der Waals surface area contributed by atoms with E-state index in [2.05, 4.69) is 24.5 Å². The summed E-state index contributed by atoms with van der Waals surface area (Å²) >= 11 is 0. The monoisotopic (exact) mass is 645 g/mol. The fraction of sp³-hybridized carbons (Fsp3) is 0.857. The van der Waals surface area contributed by atoms with Crippen LogP contribution in [0, 0.1) is 0 Å². The van der Waals surface area contributed by atoms with Crippen molar-refractivity contribution in [2.45, 2.75) is 219 Å². The highest BCUT2D eigenvalue weighted by atomic mass is 16.2. The van der Waals surface area contributed by atoms with Gasteiger partial charge in [0.25, 0.3) is 0 Å². The van der Waals surface area contributed by atoms with Crippen molar-refractivity contribution < 1.29 is 9.59 Å². The van der Waals surface area contributed by atoms with E-state index in [1.54, 1.807) is 12.2 Å². The molecular formula is C42H80N2O2. The molecule has 0 fully saturated rings. The number of hydrogen-bond acceptors (Lipinski definition) is 2. The fourth-order valence-corrected chi connectivity index (χ4v) is 6.14. The van der Waals surface area contributed by atoms with E-state index in [1.807, 2.05) is 12.2 Å². The van der Waals surface area contributed by atoms with Gasteiger partial charge >= 0.3 is 0 Å². The van der Waals surface area contributed by atoms with Crippen molar-refractivity contribution in [1.82, 2.24) is 10.6 Å². The molecule has 0 aliphatic heterocycles. The van der Waals surface area contributed by atoms with Gasteiger partial charge in [-0.1, -0.05) is 206 Å². The summed E-state index contributed by atoms with van der Waals surface area (Å²) < 4.78 is 0. The zero-order chi connectivity index (χ0) is 33.4. The van der Waals surface area contributed by atoms with Crippen LogP contribution in [-0.4, -0.2) is 24.9 Å². The minimum Gasteiger partial charge on any atom is -0.351 e. The second kappa shape index (κ2) is 39.6. The van der Waals surface area contributed by atoms with E-state index in [0.29, 0.717) is 13.1 Å². The summed E-state index contributed by atoms with van der Waals surface area (Å²) in [7, 11) is 0. The molecule has 0 aromatic heterocycles. The number of amides is 2. The lowest BCUT2D eigenvalue weighted by Gasteiger charge is -2.04. The molecule has 2 amide bonds. The van der Waals surface area contributed by atoms with Gasteiger partial charge in [-0.3, -0.25) is 9.59 Å². The quantitative estimate of drug-likeness (QED) is 0.0522. The zero-order valence-electron chi connectivity index (χ0n) is 31.2. The third-order valence-corrected chi connectivity index (χ3v) is 9.21. The highest BCUT2D eigenvalue weighted by Gasteiger charge is 1.98. The molecule has 4 heteroatoms. The summed E-state index contributed by atoms with van der Waals surface area (Å²) in [6.07, 6.45) is 50.3. The highest BCUT2D eigenvalue weighted by molar-refractivity contribution is 5.88. The molecule has 0 aromatic rings. The molecule has 4 nitrogen and oxygen atoms in total. The molecular weight excluding hydrogens is 564 g/mol. The van der Waals surface area contributed by atoms with E-state index >= 15 is 0 Å². The number of nitrogens with one attached hydrogen (secondary N) is 2. The van der Waals surface area contributed by atoms with E-state index < -0.39 is 0 Å². The number of hydrogen-bond donors (Lipinski definition) is 2. The molecule has 0 saturated heterocycles. The van der Waals surface area contributed by atoms with Crippen molar-refractivity contribution in [3.05, 3.63) is 24.3 Å². The second-order valence-corrected chi connectivity index (χ2v) is 13.9. The molecule has 46 heavy (non-hydrogen) atoms. The van der Waals surface area contributed by atoms with Gasteiger partial charge in [-0.15, -0.1) is 0 Å². The summed E-state index contributed by atoms with van der Waals surface area (Å²) in [6, 6.07) is 0. The zero-order valence-corrected chi connectivity index (χ0v) is 31.2. The van der Waals surface area contributed by atoms with E-state index in [1.165, 1.54) is 180 Å². The van der Waals surface area contributed by atoms with Crippen molar-refractivity contribution in [3.63, 3.8) is 0 Å². The van der Waals surface area contributed by atoms with Crippen LogP contribution < -0.4 is 10.6 Å². The Morgan fingerprint density at radius 2 is 0.565 bits per heavy atom. The average Bonchev–Trinajstić information content (AvgIpc) is 3.06. The van der Waals surface area contributed by atoms with E-state index in [-0.39, 0.29) is 11.8 Å². The van der Waals surface area contributed by atoms with Gasteiger partial charge in [0.1, 0.15) is 0 Å². The third kappa shape index (κ3) is 38.6. The first-order valence-electron chi connectivity index (χ1n) is 20.6. The normalized spacial score (nSPS) is 11.6. The Bertz CT molecular complexity index is 629. The molecule has 0 spiro atoms. The van der Waals surface area contributed by atoms with Crippen molar-refractivity contribution >= 4 is 11.8 Å². The minimum absolute atomic E-state index is 0.0704. The SMILES string of the molecule is CCCCCCCCCCCCCCCCC/C=C/C(=O)NCCNC(=O)/C=C/CCCCCCCCCCCCCCCCC. The van der Waals surface area contributed by atoms with Crippen molar-refractivity contribution in [2.75, 3.05) is 13.1 Å². The second-order valence-electron chi connectivity index (χ2n) is 13.9. The van der Waals surface area contributed by atoms with Gasteiger partial charge in [-0.05, 0) is 37.8 Å². The van der Waals surface area contributed by atoms with Crippen LogP contribution in [0.5, 0.6) is 0 Å². The summed E-state index contributed by atoms with van der Waals surface area (Å²) in [4.78, 5) is 23.9. The summed E-state index contributed by atoms with van der Waals surface area (Å²) in [5, 5.41) is 5.71. The number of carbonyl (C=O) groups excluding carboxylic acids is 2. The first kappa shape index (κ1) is 44.4. The molecule has 0 heterocycles. The van der Waals surface area contributed by atoms with Gasteiger partial charge in [0.2, 0.25) is 11.8 Å². The molecule has 0 unspecified atom stereocenters. The third-order valence-electron chi connectivity index (χ3n) is 9.21. The summed E-state index contributed by atoms with van der Waals surface area (Å²) in [6.45, 7) is 5.48. The molecule has 0 atom stereocenters. The number of carbonyl (C=O) groups is 2.